The molecule has 2 fully saturated rings. The van der Waals surface area contributed by atoms with E-state index in [0.717, 1.165) is 22.2 Å². The number of imide groups is 1. The summed E-state index contributed by atoms with van der Waals surface area (Å²) in [5, 5.41) is 2.36. The molecule has 1 aromatic carbocycles. The van der Waals surface area contributed by atoms with Crippen LogP contribution in [0.3, 0.4) is 0 Å². The van der Waals surface area contributed by atoms with Gasteiger partial charge < -0.3 is 14.8 Å². The second-order valence-electron chi connectivity index (χ2n) is 8.73. The number of likely N-dealkylation sites (tertiary alicyclic amines) is 1. The highest BCUT2D eigenvalue weighted by molar-refractivity contribution is 8.18. The number of hydrogen-bond acceptors (Lipinski definition) is 7. The van der Waals surface area contributed by atoms with Crippen LogP contribution >= 0.6 is 11.8 Å². The van der Waals surface area contributed by atoms with E-state index < -0.39 is 23.6 Å². The Hall–Kier alpha value is -3.01. The van der Waals surface area contributed by atoms with Gasteiger partial charge in [-0.05, 0) is 69.1 Å². The third-order valence-corrected chi connectivity index (χ3v) is 6.01. The summed E-state index contributed by atoms with van der Waals surface area (Å²) < 4.78 is 10.5. The lowest BCUT2D eigenvalue weighted by molar-refractivity contribution is -0.126. The molecule has 1 unspecified atom stereocenters. The van der Waals surface area contributed by atoms with Crippen molar-refractivity contribution in [2.24, 2.45) is 0 Å². The number of thioether (sulfide) groups is 1. The number of ether oxygens (including phenoxy) is 2. The van der Waals surface area contributed by atoms with E-state index >= 15 is 0 Å². The predicted molar refractivity (Wildman–Crippen MR) is 125 cm³/mol. The van der Waals surface area contributed by atoms with Crippen LogP contribution in [0.2, 0.25) is 0 Å². The second-order valence-corrected chi connectivity index (χ2v) is 9.72. The van der Waals surface area contributed by atoms with E-state index in [9.17, 15) is 19.2 Å². The minimum Gasteiger partial charge on any atom is -0.497 e. The largest absolute Gasteiger partial charge is 0.497 e. The molecule has 9 nitrogen and oxygen atoms in total. The van der Waals surface area contributed by atoms with Gasteiger partial charge in [0, 0.05) is 19.6 Å². The van der Waals surface area contributed by atoms with E-state index in [2.05, 4.69) is 5.32 Å². The molecule has 0 saturated carbocycles. The van der Waals surface area contributed by atoms with Crippen molar-refractivity contribution in [2.75, 3.05) is 26.7 Å². The Morgan fingerprint density at radius 3 is 2.55 bits per heavy atom. The lowest BCUT2D eigenvalue weighted by Crippen LogP contribution is -2.49. The van der Waals surface area contributed by atoms with Gasteiger partial charge in [-0.1, -0.05) is 12.1 Å². The quantitative estimate of drug-likeness (QED) is 0.630. The standard InChI is InChI=1S/C23H29N3O6S/c1-23(2,3)32-21(29)25-12-5-6-17(25)19(27)24-11-13-26-20(28)18(33-22(26)30)14-15-7-9-16(31-4)10-8-15/h7-10,14,17H,5-6,11-13H2,1-4H3,(H,24,27)/b18-14-. The van der Waals surface area contributed by atoms with E-state index in [1.54, 1.807) is 58.2 Å². The normalized spacial score (nSPS) is 19.9. The number of carbonyl (C=O) groups excluding carboxylic acids is 4. The number of rotatable bonds is 6. The molecule has 178 valence electrons. The zero-order valence-corrected chi connectivity index (χ0v) is 20.1. The molecule has 2 saturated heterocycles. The Balaban J connectivity index is 1.53. The summed E-state index contributed by atoms with van der Waals surface area (Å²) in [6.07, 6.45) is 2.38. The van der Waals surface area contributed by atoms with E-state index in [0.29, 0.717) is 30.0 Å². The average molecular weight is 476 g/mol. The van der Waals surface area contributed by atoms with Gasteiger partial charge in [0.2, 0.25) is 5.91 Å². The van der Waals surface area contributed by atoms with Gasteiger partial charge >= 0.3 is 6.09 Å². The second kappa shape index (κ2) is 10.3. The summed E-state index contributed by atoms with van der Waals surface area (Å²) in [6, 6.07) is 6.52. The number of methoxy groups -OCH3 is 1. The number of benzene rings is 1. The molecule has 1 N–H and O–H groups in total. The van der Waals surface area contributed by atoms with Gasteiger partial charge in [-0.25, -0.2) is 4.79 Å². The van der Waals surface area contributed by atoms with E-state index in [4.69, 9.17) is 9.47 Å². The number of carbonyl (C=O) groups is 4. The van der Waals surface area contributed by atoms with Gasteiger partial charge in [0.1, 0.15) is 17.4 Å². The van der Waals surface area contributed by atoms with E-state index in [-0.39, 0.29) is 24.2 Å². The first kappa shape index (κ1) is 24.6. The summed E-state index contributed by atoms with van der Waals surface area (Å²) in [5.41, 5.74) is 0.129. The van der Waals surface area contributed by atoms with E-state index in [1.807, 2.05) is 0 Å². The van der Waals surface area contributed by atoms with E-state index in [1.165, 1.54) is 4.90 Å². The van der Waals surface area contributed by atoms with Crippen molar-refractivity contribution >= 4 is 41.0 Å². The summed E-state index contributed by atoms with van der Waals surface area (Å²) in [6.45, 7) is 5.92. The molecule has 1 aromatic rings. The Kier molecular flexibility index (Phi) is 7.68. The van der Waals surface area contributed by atoms with Crippen LogP contribution in [0.4, 0.5) is 9.59 Å². The molecule has 3 rings (SSSR count). The zero-order valence-electron chi connectivity index (χ0n) is 19.3. The lowest BCUT2D eigenvalue weighted by Gasteiger charge is -2.28. The average Bonchev–Trinajstić information content (AvgIpc) is 3.34. The van der Waals surface area contributed by atoms with Crippen LogP contribution in [-0.2, 0) is 14.3 Å². The fourth-order valence-electron chi connectivity index (χ4n) is 3.53. The molecule has 33 heavy (non-hydrogen) atoms. The molecule has 0 aromatic heterocycles. The minimum atomic E-state index is -0.647. The van der Waals surface area contributed by atoms with Crippen molar-refractivity contribution in [3.63, 3.8) is 0 Å². The molecule has 10 heteroatoms. The third-order valence-electron chi connectivity index (χ3n) is 5.11. The topological polar surface area (TPSA) is 105 Å². The van der Waals surface area contributed by atoms with Crippen LogP contribution in [0, 0.1) is 0 Å². The molecule has 0 spiro atoms. The van der Waals surface area contributed by atoms with Gasteiger partial charge in [0.25, 0.3) is 11.1 Å². The summed E-state index contributed by atoms with van der Waals surface area (Å²) in [5.74, 6) is -0.0195. The Morgan fingerprint density at radius 1 is 1.21 bits per heavy atom. The fraction of sp³-hybridized carbons (Fsp3) is 0.478. The Morgan fingerprint density at radius 2 is 1.91 bits per heavy atom. The van der Waals surface area contributed by atoms with Gasteiger partial charge in [-0.3, -0.25) is 24.2 Å². The summed E-state index contributed by atoms with van der Waals surface area (Å²) in [7, 11) is 1.57. The lowest BCUT2D eigenvalue weighted by atomic mass is 10.2. The van der Waals surface area contributed by atoms with Gasteiger partial charge in [0.15, 0.2) is 0 Å². The summed E-state index contributed by atoms with van der Waals surface area (Å²) >= 11 is 0.865. The molecule has 0 bridgehead atoms. The molecule has 2 aliphatic heterocycles. The van der Waals surface area contributed by atoms with Crippen LogP contribution in [0.15, 0.2) is 29.2 Å². The Labute approximate surface area is 197 Å². The monoisotopic (exact) mass is 475 g/mol. The zero-order chi connectivity index (χ0) is 24.2. The van der Waals surface area contributed by atoms with Gasteiger partial charge in [-0.2, -0.15) is 0 Å². The molecule has 0 aliphatic carbocycles. The highest BCUT2D eigenvalue weighted by Crippen LogP contribution is 2.32. The van der Waals surface area contributed by atoms with Gasteiger partial charge in [-0.15, -0.1) is 0 Å². The molecule has 0 radical (unpaired) electrons. The Bertz CT molecular complexity index is 954. The number of amides is 4. The minimum absolute atomic E-state index is 0.0511. The molecule has 2 aliphatic rings. The highest BCUT2D eigenvalue weighted by atomic mass is 32.2. The maximum absolute atomic E-state index is 12.7. The predicted octanol–water partition coefficient (Wildman–Crippen LogP) is 3.25. The molecular formula is C23H29N3O6S. The first-order valence-corrected chi connectivity index (χ1v) is 11.6. The third kappa shape index (κ3) is 6.28. The van der Waals surface area contributed by atoms with Crippen LogP contribution in [-0.4, -0.2) is 71.3 Å². The fourth-order valence-corrected chi connectivity index (χ4v) is 4.40. The number of hydrogen-bond donors (Lipinski definition) is 1. The number of nitrogens with zero attached hydrogens (tertiary/aromatic N) is 2. The van der Waals surface area contributed by atoms with Crippen molar-refractivity contribution < 1.29 is 28.7 Å². The number of nitrogens with one attached hydrogen (secondary N) is 1. The van der Waals surface area contributed by atoms with Crippen molar-refractivity contribution in [1.29, 1.82) is 0 Å². The van der Waals surface area contributed by atoms with Crippen molar-refractivity contribution in [1.82, 2.24) is 15.1 Å². The molecule has 2 heterocycles. The summed E-state index contributed by atoms with van der Waals surface area (Å²) in [4.78, 5) is 52.9. The van der Waals surface area contributed by atoms with Gasteiger partial charge in [0.05, 0.1) is 12.0 Å². The van der Waals surface area contributed by atoms with Crippen LogP contribution in [0.5, 0.6) is 5.75 Å². The highest BCUT2D eigenvalue weighted by Gasteiger charge is 2.37. The maximum atomic E-state index is 12.7. The molecule has 1 atom stereocenters. The van der Waals surface area contributed by atoms with Crippen LogP contribution in [0.25, 0.3) is 6.08 Å². The molecular weight excluding hydrogens is 446 g/mol. The first-order valence-electron chi connectivity index (χ1n) is 10.8. The van der Waals surface area contributed by atoms with Crippen molar-refractivity contribution in [2.45, 2.75) is 45.3 Å². The van der Waals surface area contributed by atoms with Crippen molar-refractivity contribution in [3.05, 3.63) is 34.7 Å². The van der Waals surface area contributed by atoms with Crippen molar-refractivity contribution in [3.8, 4) is 5.75 Å². The van der Waals surface area contributed by atoms with Crippen LogP contribution in [0.1, 0.15) is 39.2 Å². The smallest absolute Gasteiger partial charge is 0.410 e. The molecule has 4 amide bonds. The maximum Gasteiger partial charge on any atom is 0.410 e. The SMILES string of the molecule is COc1ccc(/C=C2\SC(=O)N(CCNC(=O)C3CCCN3C(=O)OC(C)(C)C)C2=O)cc1. The first-order chi connectivity index (χ1) is 15.6. The van der Waals surface area contributed by atoms with Crippen LogP contribution < -0.4 is 10.1 Å².